The molecule has 0 radical (unpaired) electrons. The summed E-state index contributed by atoms with van der Waals surface area (Å²) in [5, 5.41) is 11.1. The van der Waals surface area contributed by atoms with Gasteiger partial charge in [-0.25, -0.2) is 4.79 Å². The molecule has 0 unspecified atom stereocenters. The van der Waals surface area contributed by atoms with E-state index in [1.165, 1.54) is 56.9 Å². The molecule has 174 valence electrons. The largest absolute Gasteiger partial charge is 0.422 e. The maximum absolute atomic E-state index is 14.3. The summed E-state index contributed by atoms with van der Waals surface area (Å²) in [6.07, 6.45) is -1.06. The zero-order chi connectivity index (χ0) is 24.6. The normalized spacial score (nSPS) is 15.7. The van der Waals surface area contributed by atoms with Crippen molar-refractivity contribution < 1.29 is 22.7 Å². The fraction of sp³-hybridized carbons (Fsp3) is 0.217. The third-order valence-electron chi connectivity index (χ3n) is 5.59. The average Bonchev–Trinajstić information content (AvgIpc) is 3.05. The molecule has 2 aromatic carbocycles. The van der Waals surface area contributed by atoms with Crippen molar-refractivity contribution in [3.8, 4) is 0 Å². The first-order valence-electron chi connectivity index (χ1n) is 9.70. The van der Waals surface area contributed by atoms with Crippen molar-refractivity contribution in [3.63, 3.8) is 0 Å². The van der Waals surface area contributed by atoms with Gasteiger partial charge in [-0.2, -0.15) is 13.2 Å². The Morgan fingerprint density at radius 1 is 1.30 bits per heavy atom. The molecule has 6 nitrogen and oxygen atoms in total. The summed E-state index contributed by atoms with van der Waals surface area (Å²) in [6, 6.07) is 7.77. The molecule has 33 heavy (non-hydrogen) atoms. The molecule has 0 aliphatic heterocycles. The smallest absolute Gasteiger partial charge is 0.408 e. The maximum atomic E-state index is 14.3. The number of aryl methyl sites for hydroxylation is 1. The molecule has 0 aliphatic rings. The van der Waals surface area contributed by atoms with Gasteiger partial charge in [-0.3, -0.25) is 9.56 Å². The summed E-state index contributed by atoms with van der Waals surface area (Å²) in [5.41, 5.74) is 3.14. The molecular formula is C23H21ClF3N3O3. The second-order valence-corrected chi connectivity index (χ2v) is 7.82. The van der Waals surface area contributed by atoms with Gasteiger partial charge in [0.1, 0.15) is 0 Å². The Bertz CT molecular complexity index is 1320. The number of benzene rings is 2. The number of allylic oxidation sites excluding steroid dienone is 1. The number of aliphatic hydroxyl groups is 1. The van der Waals surface area contributed by atoms with Gasteiger partial charge in [0, 0.05) is 42.2 Å². The van der Waals surface area contributed by atoms with Gasteiger partial charge in [-0.05, 0) is 34.9 Å². The topological polar surface area (TPSA) is 93.8 Å². The molecule has 10 heteroatoms. The number of fused-ring (bicyclic) bond motifs is 1. The first-order valence-corrected chi connectivity index (χ1v) is 10.1. The van der Waals surface area contributed by atoms with Crippen LogP contribution in [-0.2, 0) is 12.6 Å². The molecule has 0 amide bonds. The van der Waals surface area contributed by atoms with Gasteiger partial charge in [0.25, 0.3) is 0 Å². The Labute approximate surface area is 192 Å². The van der Waals surface area contributed by atoms with Crippen LogP contribution in [0.3, 0.4) is 0 Å². The van der Waals surface area contributed by atoms with E-state index in [9.17, 15) is 23.1 Å². The minimum atomic E-state index is -5.07. The summed E-state index contributed by atoms with van der Waals surface area (Å²) in [5.74, 6) is -2.24. The quantitative estimate of drug-likeness (QED) is 0.494. The molecule has 0 spiro atoms. The average molecular weight is 480 g/mol. The molecule has 2 atom stereocenters. The molecular weight excluding hydrogens is 459 g/mol. The van der Waals surface area contributed by atoms with Crippen molar-refractivity contribution in [2.45, 2.75) is 24.6 Å². The van der Waals surface area contributed by atoms with Gasteiger partial charge >= 0.3 is 11.9 Å². The van der Waals surface area contributed by atoms with Gasteiger partial charge in [0.15, 0.2) is 11.2 Å². The van der Waals surface area contributed by atoms with Crippen molar-refractivity contribution in [2.75, 3.05) is 0 Å². The molecule has 3 aromatic rings. The predicted molar refractivity (Wildman–Crippen MR) is 122 cm³/mol. The van der Waals surface area contributed by atoms with Crippen molar-refractivity contribution in [1.82, 2.24) is 4.57 Å². The van der Waals surface area contributed by atoms with Crippen molar-refractivity contribution in [2.24, 2.45) is 17.8 Å². The highest BCUT2D eigenvalue weighted by Crippen LogP contribution is 2.50. The Morgan fingerprint density at radius 3 is 2.58 bits per heavy atom. The third-order valence-corrected chi connectivity index (χ3v) is 5.92. The molecule has 1 aromatic heterocycles. The van der Waals surface area contributed by atoms with E-state index >= 15 is 0 Å². The van der Waals surface area contributed by atoms with Crippen LogP contribution in [0.25, 0.3) is 16.7 Å². The number of rotatable bonds is 6. The highest BCUT2D eigenvalue weighted by molar-refractivity contribution is 6.31. The van der Waals surface area contributed by atoms with Crippen LogP contribution in [0.15, 0.2) is 69.6 Å². The van der Waals surface area contributed by atoms with Gasteiger partial charge < -0.3 is 15.3 Å². The Morgan fingerprint density at radius 2 is 2.00 bits per heavy atom. The highest BCUT2D eigenvalue weighted by Gasteiger charge is 2.59. The van der Waals surface area contributed by atoms with Crippen molar-refractivity contribution >= 4 is 34.5 Å². The van der Waals surface area contributed by atoms with Crippen LogP contribution in [0.5, 0.6) is 0 Å². The lowest BCUT2D eigenvalue weighted by atomic mass is 9.77. The number of nitrogens with two attached hydrogens (primary N) is 1. The van der Waals surface area contributed by atoms with Crippen LogP contribution >= 0.6 is 11.6 Å². The van der Waals surface area contributed by atoms with E-state index in [0.29, 0.717) is 11.1 Å². The van der Waals surface area contributed by atoms with E-state index in [-0.39, 0.29) is 21.7 Å². The highest BCUT2D eigenvalue weighted by atomic mass is 35.5. The van der Waals surface area contributed by atoms with E-state index < -0.39 is 29.0 Å². The standard InChI is InChI=1S/C23H21ClF3N3O3/c1-4-29-12-15(11-28)14-5-7-17(18(24)9-14)13(2)22(32,23(25,26)27)16-6-8-20-19(10-16)30(3)21(31)33-20/h4-13,32H,1,28H2,2-3H3/b15-11+,29-12?/t13-,22-/m1/s1. The van der Waals surface area contributed by atoms with Crippen LogP contribution in [0, 0.1) is 0 Å². The van der Waals surface area contributed by atoms with Crippen LogP contribution in [0.4, 0.5) is 13.2 Å². The summed E-state index contributed by atoms with van der Waals surface area (Å²) >= 11 is 6.35. The predicted octanol–water partition coefficient (Wildman–Crippen LogP) is 4.85. The van der Waals surface area contributed by atoms with E-state index in [1.54, 1.807) is 0 Å². The van der Waals surface area contributed by atoms with Crippen LogP contribution in [0.2, 0.25) is 5.02 Å². The van der Waals surface area contributed by atoms with Crippen molar-refractivity contribution in [1.29, 1.82) is 0 Å². The minimum absolute atomic E-state index is 0.00539. The summed E-state index contributed by atoms with van der Waals surface area (Å²) in [6.45, 7) is 4.70. The van der Waals surface area contributed by atoms with E-state index in [0.717, 1.165) is 16.7 Å². The molecule has 3 N–H and O–H groups in total. The molecule has 0 fully saturated rings. The summed E-state index contributed by atoms with van der Waals surface area (Å²) < 4.78 is 49.0. The summed E-state index contributed by atoms with van der Waals surface area (Å²) in [7, 11) is 1.36. The minimum Gasteiger partial charge on any atom is -0.408 e. The van der Waals surface area contributed by atoms with Crippen LogP contribution in [-0.4, -0.2) is 22.1 Å². The number of hydrogen-bond donors (Lipinski definition) is 2. The lowest BCUT2D eigenvalue weighted by molar-refractivity contribution is -0.274. The maximum Gasteiger partial charge on any atom is 0.422 e. The SMILES string of the molecule is C=CN=C/C(=C\N)c1ccc([C@@H](C)[C@@](O)(c2ccc3oc(=O)n(C)c3c2)C(F)(F)F)c(Cl)c1. The Kier molecular flexibility index (Phi) is 6.58. The third kappa shape index (κ3) is 4.21. The number of halogens is 4. The zero-order valence-electron chi connectivity index (χ0n) is 17.7. The summed E-state index contributed by atoms with van der Waals surface area (Å²) in [4.78, 5) is 15.6. The van der Waals surface area contributed by atoms with Gasteiger partial charge in [0.05, 0.1) is 5.52 Å². The number of alkyl halides is 3. The number of aliphatic imine (C=N–C) groups is 1. The van der Waals surface area contributed by atoms with E-state index in [1.807, 2.05) is 0 Å². The van der Waals surface area contributed by atoms with Crippen LogP contribution in [0.1, 0.15) is 29.5 Å². The number of aromatic nitrogens is 1. The van der Waals surface area contributed by atoms with Gasteiger partial charge in [-0.1, -0.05) is 43.3 Å². The van der Waals surface area contributed by atoms with E-state index in [2.05, 4.69) is 11.6 Å². The molecule has 3 rings (SSSR count). The number of nitrogens with zero attached hydrogens (tertiary/aromatic N) is 2. The lowest BCUT2D eigenvalue weighted by Gasteiger charge is -2.37. The lowest BCUT2D eigenvalue weighted by Crippen LogP contribution is -2.46. The van der Waals surface area contributed by atoms with E-state index in [4.69, 9.17) is 21.8 Å². The number of oxazole rings is 1. The molecule has 0 aliphatic carbocycles. The second kappa shape index (κ2) is 8.92. The van der Waals surface area contributed by atoms with Crippen molar-refractivity contribution in [3.05, 3.63) is 87.6 Å². The fourth-order valence-electron chi connectivity index (χ4n) is 3.65. The van der Waals surface area contributed by atoms with Crippen LogP contribution < -0.4 is 11.5 Å². The molecule has 0 saturated heterocycles. The fourth-order valence-corrected chi connectivity index (χ4v) is 4.00. The monoisotopic (exact) mass is 479 g/mol. The Hall–Kier alpha value is -3.30. The molecule has 0 bridgehead atoms. The zero-order valence-corrected chi connectivity index (χ0v) is 18.5. The van der Waals surface area contributed by atoms with Gasteiger partial charge in [0.2, 0.25) is 0 Å². The molecule has 1 heterocycles. The van der Waals surface area contributed by atoms with Gasteiger partial charge in [-0.15, -0.1) is 0 Å². The number of hydrogen-bond acceptors (Lipinski definition) is 5. The Balaban J connectivity index is 2.14. The molecule has 0 saturated carbocycles. The first-order chi connectivity index (χ1) is 15.4. The first kappa shape index (κ1) is 24.3. The second-order valence-electron chi connectivity index (χ2n) is 7.41.